The van der Waals surface area contributed by atoms with Gasteiger partial charge >= 0.3 is 5.97 Å². The highest BCUT2D eigenvalue weighted by Crippen LogP contribution is 2.19. The second-order valence-electron chi connectivity index (χ2n) is 2.97. The van der Waals surface area contributed by atoms with Crippen molar-refractivity contribution in [2.75, 3.05) is 0 Å². The van der Waals surface area contributed by atoms with Crippen molar-refractivity contribution in [3.63, 3.8) is 0 Å². The summed E-state index contributed by atoms with van der Waals surface area (Å²) in [6.45, 7) is 1.58. The van der Waals surface area contributed by atoms with E-state index >= 15 is 0 Å². The van der Waals surface area contributed by atoms with Crippen LogP contribution in [0, 0.1) is 0 Å². The number of carbonyl (C=O) groups is 1. The number of aliphatic hydroxyl groups excluding tert-OH is 2. The van der Waals surface area contributed by atoms with E-state index in [2.05, 4.69) is 0 Å². The smallest absolute Gasteiger partial charge is 0.335 e. The number of ether oxygens (including phenoxy) is 1. The van der Waals surface area contributed by atoms with E-state index < -0.39 is 30.4 Å². The van der Waals surface area contributed by atoms with Gasteiger partial charge < -0.3 is 20.1 Å². The molecule has 0 aromatic heterocycles. The number of aliphatic carboxylic acids is 1. The molecule has 1 fully saturated rings. The normalized spacial score (nSPS) is 42.6. The Kier molecular flexibility index (Phi) is 2.66. The first-order valence-corrected chi connectivity index (χ1v) is 3.76. The predicted octanol–water partition coefficient (Wildman–Crippen LogP) is -1.03. The second kappa shape index (κ2) is 3.38. The summed E-state index contributed by atoms with van der Waals surface area (Å²) in [5.74, 6) is -1.19. The van der Waals surface area contributed by atoms with Crippen molar-refractivity contribution in [2.24, 2.45) is 0 Å². The molecule has 3 N–H and O–H groups in total. The summed E-state index contributed by atoms with van der Waals surface area (Å²) in [5, 5.41) is 26.9. The van der Waals surface area contributed by atoms with E-state index in [4.69, 9.17) is 20.1 Å². The van der Waals surface area contributed by atoms with Gasteiger partial charge in [-0.1, -0.05) is 0 Å². The molecule has 1 aliphatic rings. The van der Waals surface area contributed by atoms with Gasteiger partial charge in [0.1, 0.15) is 0 Å². The van der Waals surface area contributed by atoms with E-state index in [1.54, 1.807) is 6.92 Å². The molecule has 0 aromatic rings. The Labute approximate surface area is 69.6 Å². The summed E-state index contributed by atoms with van der Waals surface area (Å²) >= 11 is 0. The summed E-state index contributed by atoms with van der Waals surface area (Å²) in [7, 11) is 0. The number of rotatable bonds is 1. The number of hydrogen-bond acceptors (Lipinski definition) is 4. The van der Waals surface area contributed by atoms with Crippen LogP contribution in [0.1, 0.15) is 13.3 Å². The zero-order chi connectivity index (χ0) is 9.30. The number of hydrogen-bond donors (Lipinski definition) is 3. The maximum absolute atomic E-state index is 10.5. The van der Waals surface area contributed by atoms with Gasteiger partial charge in [-0.2, -0.15) is 0 Å². The Balaban J connectivity index is 2.61. The molecule has 1 saturated heterocycles. The van der Waals surface area contributed by atoms with Crippen LogP contribution in [-0.2, 0) is 9.53 Å². The summed E-state index contributed by atoms with van der Waals surface area (Å²) in [5.41, 5.74) is 0. The number of carboxylic acids is 1. The first-order valence-electron chi connectivity index (χ1n) is 3.76. The SMILES string of the molecule is C[C@@H]1OC(C(=O)O)[C@@H](O)CC1O. The minimum absolute atomic E-state index is 0.0537. The molecule has 0 spiro atoms. The first-order chi connectivity index (χ1) is 5.52. The van der Waals surface area contributed by atoms with Crippen LogP contribution in [0.15, 0.2) is 0 Å². The Morgan fingerprint density at radius 2 is 2.00 bits per heavy atom. The lowest BCUT2D eigenvalue weighted by Gasteiger charge is -2.33. The van der Waals surface area contributed by atoms with Crippen molar-refractivity contribution < 1.29 is 24.9 Å². The fourth-order valence-electron chi connectivity index (χ4n) is 1.20. The van der Waals surface area contributed by atoms with Gasteiger partial charge in [-0.15, -0.1) is 0 Å². The fraction of sp³-hybridized carbons (Fsp3) is 0.857. The van der Waals surface area contributed by atoms with Crippen molar-refractivity contribution >= 4 is 5.97 Å². The molecule has 70 valence electrons. The molecule has 5 heteroatoms. The molecule has 1 rings (SSSR count). The van der Waals surface area contributed by atoms with Crippen molar-refractivity contribution in [3.8, 4) is 0 Å². The van der Waals surface area contributed by atoms with Gasteiger partial charge in [-0.25, -0.2) is 4.79 Å². The molecule has 0 aromatic carbocycles. The van der Waals surface area contributed by atoms with E-state index in [1.165, 1.54) is 0 Å². The monoisotopic (exact) mass is 176 g/mol. The molecule has 0 aliphatic carbocycles. The van der Waals surface area contributed by atoms with Crippen molar-refractivity contribution in [2.45, 2.75) is 37.8 Å². The maximum Gasteiger partial charge on any atom is 0.335 e. The number of carboxylic acid groups (broad SMARTS) is 1. The maximum atomic E-state index is 10.5. The first kappa shape index (κ1) is 9.44. The summed E-state index contributed by atoms with van der Waals surface area (Å²) < 4.78 is 4.87. The van der Waals surface area contributed by atoms with Crippen LogP contribution >= 0.6 is 0 Å². The molecule has 12 heavy (non-hydrogen) atoms. The van der Waals surface area contributed by atoms with Crippen LogP contribution in [0.4, 0.5) is 0 Å². The van der Waals surface area contributed by atoms with Gasteiger partial charge in [-0.05, 0) is 6.92 Å². The minimum atomic E-state index is -1.21. The van der Waals surface area contributed by atoms with E-state index in [-0.39, 0.29) is 6.42 Å². The minimum Gasteiger partial charge on any atom is -0.479 e. The Hall–Kier alpha value is -0.650. The summed E-state index contributed by atoms with van der Waals surface area (Å²) in [6, 6.07) is 0. The van der Waals surface area contributed by atoms with Gasteiger partial charge in [0.05, 0.1) is 18.3 Å². The van der Waals surface area contributed by atoms with Gasteiger partial charge in [-0.3, -0.25) is 0 Å². The van der Waals surface area contributed by atoms with E-state index in [1.807, 2.05) is 0 Å². The lowest BCUT2D eigenvalue weighted by molar-refractivity contribution is -0.189. The Bertz CT molecular complexity index is 181. The highest BCUT2D eigenvalue weighted by atomic mass is 16.5. The third-order valence-corrected chi connectivity index (χ3v) is 1.98. The molecule has 0 amide bonds. The zero-order valence-corrected chi connectivity index (χ0v) is 6.67. The Morgan fingerprint density at radius 3 is 2.50 bits per heavy atom. The molecule has 0 saturated carbocycles. The lowest BCUT2D eigenvalue weighted by atomic mass is 9.99. The van der Waals surface area contributed by atoms with Crippen LogP contribution in [0.2, 0.25) is 0 Å². The molecular formula is C7H12O5. The quantitative estimate of drug-likeness (QED) is 0.475. The lowest BCUT2D eigenvalue weighted by Crippen LogP contribution is -2.49. The average Bonchev–Trinajstić information content (AvgIpc) is 1.96. The predicted molar refractivity (Wildman–Crippen MR) is 38.6 cm³/mol. The Morgan fingerprint density at radius 1 is 1.42 bits per heavy atom. The number of aliphatic hydroxyl groups is 2. The molecule has 5 nitrogen and oxygen atoms in total. The van der Waals surface area contributed by atoms with E-state index in [9.17, 15) is 4.79 Å². The van der Waals surface area contributed by atoms with E-state index in [0.29, 0.717) is 0 Å². The van der Waals surface area contributed by atoms with Crippen molar-refractivity contribution in [1.82, 2.24) is 0 Å². The van der Waals surface area contributed by atoms with Crippen LogP contribution in [0.5, 0.6) is 0 Å². The summed E-state index contributed by atoms with van der Waals surface area (Å²) in [4.78, 5) is 10.5. The van der Waals surface area contributed by atoms with Gasteiger partial charge in [0.2, 0.25) is 0 Å². The highest BCUT2D eigenvalue weighted by Gasteiger charge is 2.37. The van der Waals surface area contributed by atoms with E-state index in [0.717, 1.165) is 0 Å². The second-order valence-corrected chi connectivity index (χ2v) is 2.97. The molecule has 4 atom stereocenters. The molecule has 0 bridgehead atoms. The zero-order valence-electron chi connectivity index (χ0n) is 6.67. The molecular weight excluding hydrogens is 164 g/mol. The van der Waals surface area contributed by atoms with Crippen LogP contribution in [0.25, 0.3) is 0 Å². The van der Waals surface area contributed by atoms with Gasteiger partial charge in [0.25, 0.3) is 0 Å². The topological polar surface area (TPSA) is 87.0 Å². The largest absolute Gasteiger partial charge is 0.479 e. The molecule has 1 aliphatic heterocycles. The standard InChI is InChI=1S/C7H12O5/c1-3-4(8)2-5(9)6(12-3)7(10)11/h3-6,8-9H,2H2,1H3,(H,10,11)/t3-,4?,5-,6?/m0/s1. The van der Waals surface area contributed by atoms with Gasteiger partial charge in [0, 0.05) is 6.42 Å². The molecule has 0 radical (unpaired) electrons. The van der Waals surface area contributed by atoms with Crippen molar-refractivity contribution in [3.05, 3.63) is 0 Å². The average molecular weight is 176 g/mol. The molecule has 1 heterocycles. The fourth-order valence-corrected chi connectivity index (χ4v) is 1.20. The van der Waals surface area contributed by atoms with Crippen LogP contribution in [-0.4, -0.2) is 45.7 Å². The third kappa shape index (κ3) is 1.74. The highest BCUT2D eigenvalue weighted by molar-refractivity contribution is 5.73. The van der Waals surface area contributed by atoms with Gasteiger partial charge in [0.15, 0.2) is 6.10 Å². The third-order valence-electron chi connectivity index (χ3n) is 1.98. The van der Waals surface area contributed by atoms with Crippen LogP contribution in [0.3, 0.4) is 0 Å². The van der Waals surface area contributed by atoms with Crippen molar-refractivity contribution in [1.29, 1.82) is 0 Å². The molecule has 2 unspecified atom stereocenters. The van der Waals surface area contributed by atoms with Crippen LogP contribution < -0.4 is 0 Å². The summed E-state index contributed by atoms with van der Waals surface area (Å²) in [6.07, 6.45) is -3.58.